The fourth-order valence-corrected chi connectivity index (χ4v) is 1.44. The summed E-state index contributed by atoms with van der Waals surface area (Å²) in [5.74, 6) is -3.84. The summed E-state index contributed by atoms with van der Waals surface area (Å²) in [5.41, 5.74) is -0.795. The molecular formula is C14H20N2O5. The minimum atomic E-state index is -1.56. The number of aryl methyl sites for hydroxylation is 1. The number of nitrogens with zero attached hydrogens (tertiary/aromatic N) is 2. The Labute approximate surface area is 122 Å². The van der Waals surface area contributed by atoms with Crippen molar-refractivity contribution in [3.8, 4) is 0 Å². The van der Waals surface area contributed by atoms with Crippen LogP contribution in [0.3, 0.4) is 0 Å². The maximum Gasteiger partial charge on any atom is 0.325 e. The summed E-state index contributed by atoms with van der Waals surface area (Å²) in [7, 11) is 1.43. The number of aliphatic carboxylic acids is 1. The second kappa shape index (κ2) is 6.07. The molecule has 1 rings (SSSR count). The molecule has 7 nitrogen and oxygen atoms in total. The number of aromatic nitrogens is 2. The second-order valence-corrected chi connectivity index (χ2v) is 5.97. The lowest BCUT2D eigenvalue weighted by molar-refractivity contribution is -0.161. The average molecular weight is 296 g/mol. The van der Waals surface area contributed by atoms with E-state index in [9.17, 15) is 19.5 Å². The molecule has 1 aromatic rings. The SMILES string of the molecule is CC(OC(=O)C(C(=O)O)c1cnn(C)c(=O)c1)C(C)(C)C. The van der Waals surface area contributed by atoms with E-state index < -0.39 is 29.5 Å². The van der Waals surface area contributed by atoms with Crippen molar-refractivity contribution in [3.63, 3.8) is 0 Å². The van der Waals surface area contributed by atoms with Crippen molar-refractivity contribution in [2.24, 2.45) is 12.5 Å². The van der Waals surface area contributed by atoms with Gasteiger partial charge in [0.2, 0.25) is 0 Å². The highest BCUT2D eigenvalue weighted by Crippen LogP contribution is 2.24. The molecule has 0 saturated carbocycles. The van der Waals surface area contributed by atoms with Crippen LogP contribution in [0.2, 0.25) is 0 Å². The number of rotatable bonds is 4. The summed E-state index contributed by atoms with van der Waals surface area (Å²) in [6.07, 6.45) is 0.717. The summed E-state index contributed by atoms with van der Waals surface area (Å²) in [5, 5.41) is 13.0. The van der Waals surface area contributed by atoms with Crippen LogP contribution >= 0.6 is 0 Å². The smallest absolute Gasteiger partial charge is 0.325 e. The van der Waals surface area contributed by atoms with E-state index in [0.29, 0.717) is 0 Å². The summed E-state index contributed by atoms with van der Waals surface area (Å²) < 4.78 is 6.25. The molecule has 2 unspecified atom stereocenters. The lowest BCUT2D eigenvalue weighted by atomic mass is 9.90. The van der Waals surface area contributed by atoms with E-state index in [1.807, 2.05) is 20.8 Å². The van der Waals surface area contributed by atoms with Crippen LogP contribution in [0, 0.1) is 5.41 Å². The molecule has 1 heterocycles. The molecule has 0 saturated heterocycles. The number of esters is 1. The van der Waals surface area contributed by atoms with Crippen LogP contribution in [0.4, 0.5) is 0 Å². The van der Waals surface area contributed by atoms with Crippen LogP contribution in [0.25, 0.3) is 0 Å². The average Bonchev–Trinajstić information content (AvgIpc) is 2.32. The fraction of sp³-hybridized carbons (Fsp3) is 0.571. The van der Waals surface area contributed by atoms with E-state index in [1.165, 1.54) is 13.2 Å². The quantitative estimate of drug-likeness (QED) is 0.655. The highest BCUT2D eigenvalue weighted by Gasteiger charge is 2.34. The van der Waals surface area contributed by atoms with E-state index in [4.69, 9.17) is 4.74 Å². The van der Waals surface area contributed by atoms with Gasteiger partial charge < -0.3 is 9.84 Å². The van der Waals surface area contributed by atoms with Crippen LogP contribution < -0.4 is 5.56 Å². The third-order valence-electron chi connectivity index (χ3n) is 3.32. The molecule has 0 aliphatic rings. The van der Waals surface area contributed by atoms with E-state index in [-0.39, 0.29) is 11.0 Å². The Hall–Kier alpha value is -2.18. The van der Waals surface area contributed by atoms with E-state index in [0.717, 1.165) is 10.7 Å². The molecule has 116 valence electrons. The number of ether oxygens (including phenoxy) is 1. The number of hydrogen-bond donors (Lipinski definition) is 1. The number of hydrogen-bond acceptors (Lipinski definition) is 5. The van der Waals surface area contributed by atoms with Crippen molar-refractivity contribution in [2.75, 3.05) is 0 Å². The molecule has 1 N–H and O–H groups in total. The van der Waals surface area contributed by atoms with Gasteiger partial charge in [-0.2, -0.15) is 5.10 Å². The Bertz CT molecular complexity index is 600. The molecule has 0 amide bonds. The molecule has 1 aromatic heterocycles. The molecule has 0 fully saturated rings. The Morgan fingerprint density at radius 1 is 1.38 bits per heavy atom. The topological polar surface area (TPSA) is 98.5 Å². The molecule has 21 heavy (non-hydrogen) atoms. The molecule has 0 spiro atoms. The molecule has 0 aliphatic carbocycles. The first-order valence-electron chi connectivity index (χ1n) is 6.50. The van der Waals surface area contributed by atoms with Crippen molar-refractivity contribution in [1.29, 1.82) is 0 Å². The molecule has 0 aromatic carbocycles. The Kier molecular flexibility index (Phi) is 4.88. The summed E-state index contributed by atoms with van der Waals surface area (Å²) in [4.78, 5) is 35.0. The van der Waals surface area contributed by atoms with E-state index in [2.05, 4.69) is 5.10 Å². The minimum Gasteiger partial charge on any atom is -0.480 e. The first-order valence-corrected chi connectivity index (χ1v) is 6.50. The van der Waals surface area contributed by atoms with Gasteiger partial charge >= 0.3 is 11.9 Å². The van der Waals surface area contributed by atoms with Crippen molar-refractivity contribution in [2.45, 2.75) is 39.7 Å². The molecular weight excluding hydrogens is 276 g/mol. The lowest BCUT2D eigenvalue weighted by Crippen LogP contribution is -2.34. The Morgan fingerprint density at radius 2 is 1.95 bits per heavy atom. The van der Waals surface area contributed by atoms with Crippen molar-refractivity contribution in [3.05, 3.63) is 28.2 Å². The minimum absolute atomic E-state index is 0.0108. The van der Waals surface area contributed by atoms with Gasteiger partial charge in [0.25, 0.3) is 5.56 Å². The summed E-state index contributed by atoms with van der Waals surface area (Å²) in [6, 6.07) is 1.08. The predicted octanol–water partition coefficient (Wildman–Crippen LogP) is 0.926. The Balaban J connectivity index is 3.07. The van der Waals surface area contributed by atoms with Crippen LogP contribution in [0.5, 0.6) is 0 Å². The van der Waals surface area contributed by atoms with Gasteiger partial charge in [-0.25, -0.2) is 4.68 Å². The maximum absolute atomic E-state index is 12.1. The highest BCUT2D eigenvalue weighted by atomic mass is 16.5. The molecule has 7 heteroatoms. The van der Waals surface area contributed by atoms with Gasteiger partial charge in [0.15, 0.2) is 5.92 Å². The van der Waals surface area contributed by atoms with Gasteiger partial charge in [0.05, 0.1) is 6.20 Å². The molecule has 2 atom stereocenters. The first-order chi connectivity index (χ1) is 9.54. The molecule has 0 radical (unpaired) electrons. The van der Waals surface area contributed by atoms with Gasteiger partial charge in [-0.3, -0.25) is 14.4 Å². The van der Waals surface area contributed by atoms with Crippen molar-refractivity contribution in [1.82, 2.24) is 9.78 Å². The third kappa shape index (κ3) is 4.14. The fourth-order valence-electron chi connectivity index (χ4n) is 1.44. The third-order valence-corrected chi connectivity index (χ3v) is 3.32. The van der Waals surface area contributed by atoms with Gasteiger partial charge in [-0.05, 0) is 12.3 Å². The van der Waals surface area contributed by atoms with Crippen molar-refractivity contribution < 1.29 is 19.4 Å². The number of carbonyl (C=O) groups is 2. The number of carbonyl (C=O) groups excluding carboxylic acids is 1. The van der Waals surface area contributed by atoms with Gasteiger partial charge in [-0.15, -0.1) is 0 Å². The van der Waals surface area contributed by atoms with E-state index in [1.54, 1.807) is 6.92 Å². The Morgan fingerprint density at radius 3 is 2.38 bits per heavy atom. The highest BCUT2D eigenvalue weighted by molar-refractivity contribution is 5.99. The van der Waals surface area contributed by atoms with Gasteiger partial charge in [-0.1, -0.05) is 20.8 Å². The maximum atomic E-state index is 12.1. The molecule has 0 bridgehead atoms. The zero-order valence-corrected chi connectivity index (χ0v) is 12.8. The number of carboxylic acid groups (broad SMARTS) is 1. The predicted molar refractivity (Wildman–Crippen MR) is 74.9 cm³/mol. The standard InChI is InChI=1S/C14H20N2O5/c1-8(14(2,3)4)21-13(20)11(12(18)19)9-6-10(17)16(5)15-7-9/h6-8,11H,1-5H3,(H,18,19). The van der Waals surface area contributed by atoms with Crippen LogP contribution in [-0.2, 0) is 21.4 Å². The normalized spacial score (nSPS) is 14.3. The lowest BCUT2D eigenvalue weighted by Gasteiger charge is -2.28. The zero-order chi connectivity index (χ0) is 16.4. The van der Waals surface area contributed by atoms with Gasteiger partial charge in [0.1, 0.15) is 6.10 Å². The largest absolute Gasteiger partial charge is 0.480 e. The van der Waals surface area contributed by atoms with E-state index >= 15 is 0 Å². The molecule has 0 aliphatic heterocycles. The van der Waals surface area contributed by atoms with Crippen LogP contribution in [-0.4, -0.2) is 32.9 Å². The number of carboxylic acids is 1. The van der Waals surface area contributed by atoms with Crippen LogP contribution in [0.15, 0.2) is 17.1 Å². The van der Waals surface area contributed by atoms with Gasteiger partial charge in [0, 0.05) is 18.7 Å². The summed E-state index contributed by atoms with van der Waals surface area (Å²) in [6.45, 7) is 7.32. The zero-order valence-electron chi connectivity index (χ0n) is 12.8. The first kappa shape index (κ1) is 16.9. The summed E-state index contributed by atoms with van der Waals surface area (Å²) >= 11 is 0. The monoisotopic (exact) mass is 296 g/mol. The second-order valence-electron chi connectivity index (χ2n) is 5.97. The van der Waals surface area contributed by atoms with Crippen LogP contribution in [0.1, 0.15) is 39.2 Å². The van der Waals surface area contributed by atoms with Crippen molar-refractivity contribution >= 4 is 11.9 Å².